The number of nitrogens with one attached hydrogen (secondary N) is 1. The minimum absolute atomic E-state index is 0.163. The van der Waals surface area contributed by atoms with Crippen molar-refractivity contribution in [3.8, 4) is 0 Å². The Balaban J connectivity index is 2.37. The highest BCUT2D eigenvalue weighted by molar-refractivity contribution is 6.30. The predicted molar refractivity (Wildman–Crippen MR) is 60.7 cm³/mol. The fourth-order valence-corrected chi connectivity index (χ4v) is 1.47. The SMILES string of the molecule is CN1C(=O)NC(=O)C(=Cc2ccc(F)cc2)C1=O. The molecular formula is C12H9FN2O3. The average Bonchev–Trinajstić information content (AvgIpc) is 2.34. The number of halogens is 1. The van der Waals surface area contributed by atoms with Crippen molar-refractivity contribution in [3.63, 3.8) is 0 Å². The Morgan fingerprint density at radius 3 is 2.39 bits per heavy atom. The number of amides is 4. The number of carbonyl (C=O) groups is 3. The molecule has 0 bridgehead atoms. The summed E-state index contributed by atoms with van der Waals surface area (Å²) in [4.78, 5) is 35.2. The third kappa shape index (κ3) is 2.13. The van der Waals surface area contributed by atoms with E-state index in [0.717, 1.165) is 4.90 Å². The van der Waals surface area contributed by atoms with Crippen LogP contribution in [0.1, 0.15) is 5.56 Å². The Hall–Kier alpha value is -2.50. The maximum absolute atomic E-state index is 12.7. The van der Waals surface area contributed by atoms with E-state index in [9.17, 15) is 18.8 Å². The molecule has 1 N–H and O–H groups in total. The van der Waals surface area contributed by atoms with Gasteiger partial charge in [0.15, 0.2) is 0 Å². The molecule has 0 spiro atoms. The Morgan fingerprint density at radius 2 is 1.78 bits per heavy atom. The lowest BCUT2D eigenvalue weighted by atomic mass is 10.1. The minimum Gasteiger partial charge on any atom is -0.273 e. The summed E-state index contributed by atoms with van der Waals surface area (Å²) in [5.41, 5.74) is 0.335. The van der Waals surface area contributed by atoms with E-state index in [4.69, 9.17) is 0 Å². The minimum atomic E-state index is -0.763. The molecule has 1 saturated heterocycles. The highest BCUT2D eigenvalue weighted by Crippen LogP contribution is 2.13. The zero-order valence-corrected chi connectivity index (χ0v) is 9.44. The molecule has 1 aromatic rings. The van der Waals surface area contributed by atoms with Gasteiger partial charge in [0.05, 0.1) is 0 Å². The first-order chi connectivity index (χ1) is 8.49. The van der Waals surface area contributed by atoms with Crippen molar-refractivity contribution in [3.05, 3.63) is 41.2 Å². The van der Waals surface area contributed by atoms with Crippen LogP contribution in [0.4, 0.5) is 9.18 Å². The molecule has 0 saturated carbocycles. The normalized spacial score (nSPS) is 18.2. The van der Waals surface area contributed by atoms with Gasteiger partial charge in [-0.1, -0.05) is 12.1 Å². The second kappa shape index (κ2) is 4.40. The largest absolute Gasteiger partial charge is 0.331 e. The van der Waals surface area contributed by atoms with Gasteiger partial charge in [-0.3, -0.25) is 19.8 Å². The van der Waals surface area contributed by atoms with Crippen LogP contribution in [0.25, 0.3) is 6.08 Å². The van der Waals surface area contributed by atoms with E-state index in [0.29, 0.717) is 5.56 Å². The molecule has 5 nitrogen and oxygen atoms in total. The summed E-state index contributed by atoms with van der Waals surface area (Å²) in [6, 6.07) is 4.53. The number of imide groups is 2. The molecule has 0 atom stereocenters. The number of urea groups is 1. The summed E-state index contributed by atoms with van der Waals surface area (Å²) in [6.45, 7) is 0. The standard InChI is InChI=1S/C12H9FN2O3/c1-15-11(17)9(10(16)14-12(15)18)6-7-2-4-8(13)5-3-7/h2-6H,1H3,(H,14,16,18). The van der Waals surface area contributed by atoms with Gasteiger partial charge in [-0.05, 0) is 23.8 Å². The van der Waals surface area contributed by atoms with Crippen LogP contribution >= 0.6 is 0 Å². The van der Waals surface area contributed by atoms with Crippen LogP contribution in [0.15, 0.2) is 29.8 Å². The first kappa shape index (κ1) is 12.0. The monoisotopic (exact) mass is 248 g/mol. The molecule has 2 rings (SSSR count). The van der Waals surface area contributed by atoms with Gasteiger partial charge in [-0.15, -0.1) is 0 Å². The fourth-order valence-electron chi connectivity index (χ4n) is 1.47. The number of hydrogen-bond donors (Lipinski definition) is 1. The van der Waals surface area contributed by atoms with Crippen LogP contribution in [-0.2, 0) is 9.59 Å². The van der Waals surface area contributed by atoms with Crippen LogP contribution in [0.2, 0.25) is 0 Å². The number of likely N-dealkylation sites (N-methyl/N-ethyl adjacent to an activating group) is 1. The lowest BCUT2D eigenvalue weighted by Gasteiger charge is -2.22. The highest BCUT2D eigenvalue weighted by Gasteiger charge is 2.32. The highest BCUT2D eigenvalue weighted by atomic mass is 19.1. The number of carbonyl (C=O) groups excluding carboxylic acids is 3. The summed E-state index contributed by atoms with van der Waals surface area (Å²) in [5, 5.41) is 2.03. The molecule has 0 aliphatic carbocycles. The molecule has 1 heterocycles. The zero-order chi connectivity index (χ0) is 13.3. The van der Waals surface area contributed by atoms with Gasteiger partial charge in [0.2, 0.25) is 0 Å². The fraction of sp³-hybridized carbons (Fsp3) is 0.0833. The summed E-state index contributed by atoms with van der Waals surface area (Å²) in [5.74, 6) is -1.86. The average molecular weight is 248 g/mol. The van der Waals surface area contributed by atoms with Crippen molar-refractivity contribution < 1.29 is 18.8 Å². The molecule has 0 radical (unpaired) electrons. The van der Waals surface area contributed by atoms with Crippen LogP contribution in [0, 0.1) is 5.82 Å². The van der Waals surface area contributed by atoms with Crippen molar-refractivity contribution >= 4 is 23.9 Å². The Morgan fingerprint density at radius 1 is 1.17 bits per heavy atom. The van der Waals surface area contributed by atoms with E-state index >= 15 is 0 Å². The Bertz CT molecular complexity index is 563. The number of hydrogen-bond acceptors (Lipinski definition) is 3. The Labute approximate surface area is 102 Å². The lowest BCUT2D eigenvalue weighted by molar-refractivity contribution is -0.129. The van der Waals surface area contributed by atoms with E-state index in [1.165, 1.54) is 37.4 Å². The number of rotatable bonds is 1. The van der Waals surface area contributed by atoms with Crippen molar-refractivity contribution in [1.82, 2.24) is 10.2 Å². The zero-order valence-electron chi connectivity index (χ0n) is 9.44. The van der Waals surface area contributed by atoms with Crippen LogP contribution < -0.4 is 5.32 Å². The van der Waals surface area contributed by atoms with Gasteiger partial charge in [0.1, 0.15) is 11.4 Å². The Kier molecular flexibility index (Phi) is 2.93. The summed E-state index contributed by atoms with van der Waals surface area (Å²) in [7, 11) is 1.27. The maximum Gasteiger partial charge on any atom is 0.331 e. The molecule has 18 heavy (non-hydrogen) atoms. The van der Waals surface area contributed by atoms with Crippen molar-refractivity contribution in [2.24, 2.45) is 0 Å². The van der Waals surface area contributed by atoms with Gasteiger partial charge in [-0.25, -0.2) is 9.18 Å². The smallest absolute Gasteiger partial charge is 0.273 e. The van der Waals surface area contributed by atoms with E-state index in [-0.39, 0.29) is 5.57 Å². The van der Waals surface area contributed by atoms with Gasteiger partial charge in [-0.2, -0.15) is 0 Å². The third-order valence-electron chi connectivity index (χ3n) is 2.49. The molecular weight excluding hydrogens is 239 g/mol. The van der Waals surface area contributed by atoms with E-state index in [1.54, 1.807) is 0 Å². The van der Waals surface area contributed by atoms with Crippen molar-refractivity contribution in [2.45, 2.75) is 0 Å². The van der Waals surface area contributed by atoms with E-state index in [1.807, 2.05) is 5.32 Å². The molecule has 0 aromatic heterocycles. The number of barbiturate groups is 1. The maximum atomic E-state index is 12.7. The molecule has 1 aromatic carbocycles. The van der Waals surface area contributed by atoms with Crippen LogP contribution in [0.3, 0.4) is 0 Å². The van der Waals surface area contributed by atoms with Gasteiger partial charge < -0.3 is 0 Å². The summed E-state index contributed by atoms with van der Waals surface area (Å²) in [6.07, 6.45) is 1.31. The second-order valence-corrected chi connectivity index (χ2v) is 3.73. The summed E-state index contributed by atoms with van der Waals surface area (Å²) < 4.78 is 12.7. The number of nitrogens with zero attached hydrogens (tertiary/aromatic N) is 1. The molecule has 1 aliphatic heterocycles. The number of benzene rings is 1. The van der Waals surface area contributed by atoms with Crippen molar-refractivity contribution in [1.29, 1.82) is 0 Å². The van der Waals surface area contributed by atoms with E-state index in [2.05, 4.69) is 0 Å². The first-order valence-electron chi connectivity index (χ1n) is 5.09. The van der Waals surface area contributed by atoms with Crippen LogP contribution in [-0.4, -0.2) is 29.8 Å². The molecule has 0 unspecified atom stereocenters. The topological polar surface area (TPSA) is 66.5 Å². The third-order valence-corrected chi connectivity index (χ3v) is 2.49. The van der Waals surface area contributed by atoms with Gasteiger partial charge in [0, 0.05) is 7.05 Å². The summed E-state index contributed by atoms with van der Waals surface area (Å²) >= 11 is 0. The molecule has 6 heteroatoms. The first-order valence-corrected chi connectivity index (χ1v) is 5.09. The van der Waals surface area contributed by atoms with E-state index < -0.39 is 23.7 Å². The molecule has 92 valence electrons. The predicted octanol–water partition coefficient (Wildman–Crippen LogP) is 0.917. The molecule has 1 aliphatic rings. The molecule has 1 fully saturated rings. The van der Waals surface area contributed by atoms with Crippen molar-refractivity contribution in [2.75, 3.05) is 7.05 Å². The van der Waals surface area contributed by atoms with Crippen LogP contribution in [0.5, 0.6) is 0 Å². The molecule has 4 amide bonds. The second-order valence-electron chi connectivity index (χ2n) is 3.73. The lowest BCUT2D eigenvalue weighted by Crippen LogP contribution is -2.52. The van der Waals surface area contributed by atoms with Gasteiger partial charge in [0.25, 0.3) is 11.8 Å². The quantitative estimate of drug-likeness (QED) is 0.593. The van der Waals surface area contributed by atoms with Gasteiger partial charge >= 0.3 is 6.03 Å².